The molecular weight excluding hydrogens is 402 g/mol. The molecule has 2 aromatic heterocycles. The van der Waals surface area contributed by atoms with E-state index in [1.807, 2.05) is 31.5 Å². The fourth-order valence-electron chi connectivity index (χ4n) is 4.19. The second kappa shape index (κ2) is 8.88. The van der Waals surface area contributed by atoms with Crippen molar-refractivity contribution in [2.75, 3.05) is 43.6 Å². The lowest BCUT2D eigenvalue weighted by atomic mass is 9.99. The Morgan fingerprint density at radius 2 is 1.84 bits per heavy atom. The molecule has 0 aliphatic carbocycles. The summed E-state index contributed by atoms with van der Waals surface area (Å²) in [6.45, 7) is 5.82. The Labute approximate surface area is 187 Å². The van der Waals surface area contributed by atoms with Gasteiger partial charge in [0.25, 0.3) is 0 Å². The number of nitrogens with one attached hydrogen (secondary N) is 1. The predicted molar refractivity (Wildman–Crippen MR) is 127 cm³/mol. The van der Waals surface area contributed by atoms with Gasteiger partial charge in [0.2, 0.25) is 0 Å². The molecule has 1 aliphatic rings. The third-order valence-electron chi connectivity index (χ3n) is 5.87. The second-order valence-electron chi connectivity index (χ2n) is 7.83. The van der Waals surface area contributed by atoms with Crippen LogP contribution in [0, 0.1) is 6.92 Å². The maximum atomic E-state index is 5.49. The van der Waals surface area contributed by atoms with Gasteiger partial charge in [-0.2, -0.15) is 0 Å². The molecule has 164 valence electrons. The monoisotopic (exact) mass is 429 g/mol. The van der Waals surface area contributed by atoms with Crippen LogP contribution in [0.4, 0.5) is 11.6 Å². The van der Waals surface area contributed by atoms with Crippen LogP contribution in [0.2, 0.25) is 0 Å². The average Bonchev–Trinajstić information content (AvgIpc) is 3.18. The summed E-state index contributed by atoms with van der Waals surface area (Å²) in [6, 6.07) is 16.6. The van der Waals surface area contributed by atoms with E-state index in [0.717, 1.165) is 60.6 Å². The number of aromatic nitrogens is 3. The quantitative estimate of drug-likeness (QED) is 0.497. The van der Waals surface area contributed by atoms with Crippen molar-refractivity contribution in [2.24, 2.45) is 0 Å². The van der Waals surface area contributed by atoms with Crippen molar-refractivity contribution in [3.8, 4) is 16.9 Å². The molecule has 3 heterocycles. The minimum atomic E-state index is 0.687. The SMILES string of the molecule is COc1ccc(-c2ccccc2CNc2c(C)nc3c(N4CCOCC4)nccn23)cc1. The molecule has 5 rings (SSSR count). The van der Waals surface area contributed by atoms with E-state index in [2.05, 4.69) is 56.0 Å². The number of anilines is 2. The van der Waals surface area contributed by atoms with Crippen LogP contribution in [-0.4, -0.2) is 47.8 Å². The zero-order chi connectivity index (χ0) is 21.9. The van der Waals surface area contributed by atoms with Crippen LogP contribution < -0.4 is 15.0 Å². The fourth-order valence-corrected chi connectivity index (χ4v) is 4.19. The van der Waals surface area contributed by atoms with E-state index in [9.17, 15) is 0 Å². The lowest BCUT2D eigenvalue weighted by Gasteiger charge is -2.27. The van der Waals surface area contributed by atoms with Crippen molar-refractivity contribution >= 4 is 17.3 Å². The highest BCUT2D eigenvalue weighted by Crippen LogP contribution is 2.28. The van der Waals surface area contributed by atoms with Crippen LogP contribution >= 0.6 is 0 Å². The molecule has 4 aromatic rings. The molecule has 0 atom stereocenters. The van der Waals surface area contributed by atoms with Gasteiger partial charge < -0.3 is 19.7 Å². The molecule has 1 N–H and O–H groups in total. The number of imidazole rings is 1. The van der Waals surface area contributed by atoms with Crippen molar-refractivity contribution in [3.63, 3.8) is 0 Å². The highest BCUT2D eigenvalue weighted by atomic mass is 16.5. The Morgan fingerprint density at radius 1 is 1.06 bits per heavy atom. The number of morpholine rings is 1. The fraction of sp³-hybridized carbons (Fsp3) is 0.280. The maximum Gasteiger partial charge on any atom is 0.182 e. The second-order valence-corrected chi connectivity index (χ2v) is 7.83. The third-order valence-corrected chi connectivity index (χ3v) is 5.87. The standard InChI is InChI=1S/C25H27N5O2/c1-18-23(30-12-11-26-24(25(30)28-18)29-13-15-32-16-14-29)27-17-20-5-3-4-6-22(20)19-7-9-21(31-2)10-8-19/h3-12,27H,13-17H2,1-2H3. The molecule has 0 spiro atoms. The number of rotatable bonds is 6. The minimum Gasteiger partial charge on any atom is -0.497 e. The maximum absolute atomic E-state index is 5.49. The highest BCUT2D eigenvalue weighted by molar-refractivity contribution is 5.71. The van der Waals surface area contributed by atoms with Crippen LogP contribution in [0.3, 0.4) is 0 Å². The normalized spacial score (nSPS) is 14.0. The van der Waals surface area contributed by atoms with Gasteiger partial charge in [0.1, 0.15) is 11.6 Å². The predicted octanol–water partition coefficient (Wildman–Crippen LogP) is 4.16. The van der Waals surface area contributed by atoms with Crippen molar-refractivity contribution in [2.45, 2.75) is 13.5 Å². The molecular formula is C25H27N5O2. The Morgan fingerprint density at radius 3 is 2.62 bits per heavy atom. The van der Waals surface area contributed by atoms with E-state index < -0.39 is 0 Å². The zero-order valence-corrected chi connectivity index (χ0v) is 18.4. The topological polar surface area (TPSA) is 63.9 Å². The van der Waals surface area contributed by atoms with Crippen LogP contribution in [-0.2, 0) is 11.3 Å². The van der Waals surface area contributed by atoms with Gasteiger partial charge in [-0.25, -0.2) is 9.97 Å². The van der Waals surface area contributed by atoms with Crippen LogP contribution in [0.1, 0.15) is 11.3 Å². The summed E-state index contributed by atoms with van der Waals surface area (Å²) in [6.07, 6.45) is 3.81. The Balaban J connectivity index is 1.43. The van der Waals surface area contributed by atoms with E-state index in [0.29, 0.717) is 6.54 Å². The first kappa shape index (κ1) is 20.3. The van der Waals surface area contributed by atoms with Gasteiger partial charge >= 0.3 is 0 Å². The van der Waals surface area contributed by atoms with Crippen molar-refractivity contribution in [1.29, 1.82) is 0 Å². The number of ether oxygens (including phenoxy) is 2. The van der Waals surface area contributed by atoms with Gasteiger partial charge in [-0.3, -0.25) is 4.40 Å². The molecule has 0 unspecified atom stereocenters. The van der Waals surface area contributed by atoms with Crippen molar-refractivity contribution in [3.05, 3.63) is 72.2 Å². The number of aryl methyl sites for hydroxylation is 1. The highest BCUT2D eigenvalue weighted by Gasteiger charge is 2.19. The van der Waals surface area contributed by atoms with Gasteiger partial charge in [-0.15, -0.1) is 0 Å². The van der Waals surface area contributed by atoms with Crippen molar-refractivity contribution in [1.82, 2.24) is 14.4 Å². The van der Waals surface area contributed by atoms with Crippen LogP contribution in [0.5, 0.6) is 5.75 Å². The lowest BCUT2D eigenvalue weighted by Crippen LogP contribution is -2.37. The van der Waals surface area contributed by atoms with Gasteiger partial charge in [-0.1, -0.05) is 36.4 Å². The number of methoxy groups -OCH3 is 1. The molecule has 0 radical (unpaired) electrons. The van der Waals surface area contributed by atoms with Crippen molar-refractivity contribution < 1.29 is 9.47 Å². The minimum absolute atomic E-state index is 0.687. The molecule has 1 fully saturated rings. The summed E-state index contributed by atoms with van der Waals surface area (Å²) >= 11 is 0. The Hall–Kier alpha value is -3.58. The summed E-state index contributed by atoms with van der Waals surface area (Å²) < 4.78 is 12.9. The smallest absolute Gasteiger partial charge is 0.182 e. The molecule has 0 saturated carbocycles. The van der Waals surface area contributed by atoms with Crippen LogP contribution in [0.15, 0.2) is 60.9 Å². The van der Waals surface area contributed by atoms with E-state index in [1.165, 1.54) is 11.1 Å². The Kier molecular flexibility index (Phi) is 5.64. The largest absolute Gasteiger partial charge is 0.497 e. The van der Waals surface area contributed by atoms with Crippen LogP contribution in [0.25, 0.3) is 16.8 Å². The molecule has 7 nitrogen and oxygen atoms in total. The van der Waals surface area contributed by atoms with Gasteiger partial charge in [-0.05, 0) is 35.7 Å². The van der Waals surface area contributed by atoms with Gasteiger partial charge in [0.15, 0.2) is 11.5 Å². The lowest BCUT2D eigenvalue weighted by molar-refractivity contribution is 0.122. The number of benzene rings is 2. The molecule has 0 amide bonds. The zero-order valence-electron chi connectivity index (χ0n) is 18.4. The molecule has 1 saturated heterocycles. The third kappa shape index (κ3) is 3.87. The first-order valence-corrected chi connectivity index (χ1v) is 10.9. The first-order valence-electron chi connectivity index (χ1n) is 10.9. The van der Waals surface area contributed by atoms with Gasteiger partial charge in [0, 0.05) is 32.0 Å². The average molecular weight is 430 g/mol. The number of hydrogen-bond donors (Lipinski definition) is 1. The van der Waals surface area contributed by atoms with Gasteiger partial charge in [0.05, 0.1) is 26.0 Å². The first-order chi connectivity index (χ1) is 15.7. The van der Waals surface area contributed by atoms with E-state index >= 15 is 0 Å². The summed E-state index contributed by atoms with van der Waals surface area (Å²) in [5, 5.41) is 3.62. The number of fused-ring (bicyclic) bond motifs is 1. The molecule has 2 aromatic carbocycles. The summed E-state index contributed by atoms with van der Waals surface area (Å²) in [5.74, 6) is 2.75. The van der Waals surface area contributed by atoms with E-state index in [-0.39, 0.29) is 0 Å². The molecule has 7 heteroatoms. The number of hydrogen-bond acceptors (Lipinski definition) is 6. The van der Waals surface area contributed by atoms with E-state index in [4.69, 9.17) is 14.5 Å². The molecule has 0 bridgehead atoms. The molecule has 1 aliphatic heterocycles. The Bertz CT molecular complexity index is 1210. The molecule has 32 heavy (non-hydrogen) atoms. The number of nitrogens with zero attached hydrogens (tertiary/aromatic N) is 4. The summed E-state index contributed by atoms with van der Waals surface area (Å²) in [4.78, 5) is 11.7. The summed E-state index contributed by atoms with van der Waals surface area (Å²) in [7, 11) is 1.69. The van der Waals surface area contributed by atoms with E-state index in [1.54, 1.807) is 7.11 Å². The summed E-state index contributed by atoms with van der Waals surface area (Å²) in [5.41, 5.74) is 5.41.